The molecule has 0 aliphatic carbocycles. The minimum absolute atomic E-state index is 0.0171. The van der Waals surface area contributed by atoms with Crippen molar-refractivity contribution in [1.82, 2.24) is 4.90 Å². The molecule has 2 rings (SSSR count). The van der Waals surface area contributed by atoms with Crippen LogP contribution < -0.4 is 10.5 Å². The monoisotopic (exact) mass is 336 g/mol. The number of ether oxygens (including phenoxy) is 3. The van der Waals surface area contributed by atoms with Gasteiger partial charge in [-0.1, -0.05) is 12.1 Å². The van der Waals surface area contributed by atoms with Crippen LogP contribution in [-0.2, 0) is 9.47 Å². The highest BCUT2D eigenvalue weighted by atomic mass is 16.5. The number of benzene rings is 1. The van der Waals surface area contributed by atoms with E-state index in [1.807, 2.05) is 29.2 Å². The summed E-state index contributed by atoms with van der Waals surface area (Å²) in [6.45, 7) is 3.69. The van der Waals surface area contributed by atoms with E-state index < -0.39 is 0 Å². The minimum atomic E-state index is 0.0171. The number of hydrogen-bond donors (Lipinski definition) is 1. The molecule has 24 heavy (non-hydrogen) atoms. The average Bonchev–Trinajstić information content (AvgIpc) is 2.63. The van der Waals surface area contributed by atoms with Crippen LogP contribution in [0.1, 0.15) is 29.6 Å². The van der Waals surface area contributed by atoms with Gasteiger partial charge in [0.2, 0.25) is 0 Å². The molecule has 1 saturated heterocycles. The third-order valence-corrected chi connectivity index (χ3v) is 4.09. The van der Waals surface area contributed by atoms with E-state index in [9.17, 15) is 4.79 Å². The Hall–Kier alpha value is -1.63. The molecule has 1 aliphatic heterocycles. The summed E-state index contributed by atoms with van der Waals surface area (Å²) in [7, 11) is 1.63. The van der Waals surface area contributed by atoms with Crippen LogP contribution in [0.3, 0.4) is 0 Å². The summed E-state index contributed by atoms with van der Waals surface area (Å²) < 4.78 is 16.4. The van der Waals surface area contributed by atoms with Crippen molar-refractivity contribution in [1.29, 1.82) is 0 Å². The summed E-state index contributed by atoms with van der Waals surface area (Å²) in [5.41, 5.74) is 6.08. The molecule has 134 valence electrons. The van der Waals surface area contributed by atoms with E-state index in [1.165, 1.54) is 0 Å². The van der Waals surface area contributed by atoms with Crippen LogP contribution in [0.25, 0.3) is 0 Å². The van der Waals surface area contributed by atoms with Gasteiger partial charge in [0.15, 0.2) is 0 Å². The maximum absolute atomic E-state index is 12.8. The van der Waals surface area contributed by atoms with Crippen LogP contribution in [0.5, 0.6) is 5.75 Å². The Bertz CT molecular complexity index is 502. The molecule has 1 aliphatic rings. The molecule has 0 radical (unpaired) electrons. The molecule has 0 spiro atoms. The van der Waals surface area contributed by atoms with E-state index in [4.69, 9.17) is 19.9 Å². The molecule has 0 atom stereocenters. The smallest absolute Gasteiger partial charge is 0.257 e. The van der Waals surface area contributed by atoms with Gasteiger partial charge in [-0.2, -0.15) is 0 Å². The molecule has 6 nitrogen and oxygen atoms in total. The molecule has 6 heteroatoms. The number of nitrogens with zero attached hydrogens (tertiary/aromatic N) is 1. The third-order valence-electron chi connectivity index (χ3n) is 4.09. The van der Waals surface area contributed by atoms with Gasteiger partial charge in [0.05, 0.1) is 18.3 Å². The summed E-state index contributed by atoms with van der Waals surface area (Å²) in [4.78, 5) is 14.7. The Morgan fingerprint density at radius 2 is 1.96 bits per heavy atom. The van der Waals surface area contributed by atoms with Crippen molar-refractivity contribution in [2.24, 2.45) is 5.73 Å². The van der Waals surface area contributed by atoms with Crippen LogP contribution in [0.15, 0.2) is 24.3 Å². The SMILES string of the molecule is COCCOc1ccccc1C(=O)N1CCC(OCCCN)CC1. The molecule has 1 heterocycles. The fourth-order valence-electron chi connectivity index (χ4n) is 2.73. The van der Waals surface area contributed by atoms with Gasteiger partial charge in [-0.15, -0.1) is 0 Å². The molecule has 1 aromatic carbocycles. The number of para-hydroxylation sites is 1. The van der Waals surface area contributed by atoms with Crippen molar-refractivity contribution < 1.29 is 19.0 Å². The van der Waals surface area contributed by atoms with Crippen LogP contribution in [0.2, 0.25) is 0 Å². The molecule has 2 N–H and O–H groups in total. The molecule has 0 bridgehead atoms. The highest BCUT2D eigenvalue weighted by Crippen LogP contribution is 2.22. The van der Waals surface area contributed by atoms with Gasteiger partial charge in [-0.25, -0.2) is 0 Å². The predicted octanol–water partition coefficient (Wildman–Crippen LogP) is 1.68. The van der Waals surface area contributed by atoms with Gasteiger partial charge in [0.1, 0.15) is 12.4 Å². The predicted molar refractivity (Wildman–Crippen MR) is 92.4 cm³/mol. The number of carbonyl (C=O) groups excluding carboxylic acids is 1. The first-order chi connectivity index (χ1) is 11.8. The molecule has 0 aromatic heterocycles. The fourth-order valence-corrected chi connectivity index (χ4v) is 2.73. The number of hydrogen-bond acceptors (Lipinski definition) is 5. The van der Waals surface area contributed by atoms with Crippen LogP contribution in [0.4, 0.5) is 0 Å². The Morgan fingerprint density at radius 3 is 2.67 bits per heavy atom. The van der Waals surface area contributed by atoms with Crippen molar-refractivity contribution >= 4 is 5.91 Å². The Balaban J connectivity index is 1.88. The number of piperidine rings is 1. The quantitative estimate of drug-likeness (QED) is 0.695. The van der Waals surface area contributed by atoms with Gasteiger partial charge < -0.3 is 24.8 Å². The molecular formula is C18H28N2O4. The summed E-state index contributed by atoms with van der Waals surface area (Å²) in [5, 5.41) is 0. The molecule has 1 amide bonds. The van der Waals surface area contributed by atoms with Crippen molar-refractivity contribution in [3.8, 4) is 5.75 Å². The topological polar surface area (TPSA) is 74.0 Å². The fraction of sp³-hybridized carbons (Fsp3) is 0.611. The Kier molecular flexibility index (Phi) is 8.01. The number of amides is 1. The lowest BCUT2D eigenvalue weighted by Crippen LogP contribution is -2.41. The number of methoxy groups -OCH3 is 1. The lowest BCUT2D eigenvalue weighted by Gasteiger charge is -2.32. The highest BCUT2D eigenvalue weighted by molar-refractivity contribution is 5.97. The van der Waals surface area contributed by atoms with Gasteiger partial charge in [-0.3, -0.25) is 4.79 Å². The van der Waals surface area contributed by atoms with E-state index in [-0.39, 0.29) is 12.0 Å². The van der Waals surface area contributed by atoms with Crippen molar-refractivity contribution in [3.05, 3.63) is 29.8 Å². The van der Waals surface area contributed by atoms with Crippen molar-refractivity contribution in [2.45, 2.75) is 25.4 Å². The van der Waals surface area contributed by atoms with Crippen molar-refractivity contribution in [2.75, 3.05) is 46.6 Å². The first kappa shape index (κ1) is 18.7. The average molecular weight is 336 g/mol. The maximum Gasteiger partial charge on any atom is 0.257 e. The first-order valence-corrected chi connectivity index (χ1v) is 8.58. The van der Waals surface area contributed by atoms with E-state index in [1.54, 1.807) is 7.11 Å². The van der Waals surface area contributed by atoms with Crippen molar-refractivity contribution in [3.63, 3.8) is 0 Å². The van der Waals surface area contributed by atoms with E-state index >= 15 is 0 Å². The number of nitrogens with two attached hydrogens (primary N) is 1. The second-order valence-corrected chi connectivity index (χ2v) is 5.84. The molecular weight excluding hydrogens is 308 g/mol. The second kappa shape index (κ2) is 10.3. The zero-order chi connectivity index (χ0) is 17.2. The summed E-state index contributed by atoms with van der Waals surface area (Å²) in [6.07, 6.45) is 2.84. The zero-order valence-electron chi connectivity index (χ0n) is 14.4. The Labute approximate surface area is 143 Å². The summed E-state index contributed by atoms with van der Waals surface area (Å²) in [5.74, 6) is 0.629. The molecule has 1 aromatic rings. The van der Waals surface area contributed by atoms with Gasteiger partial charge in [0.25, 0.3) is 5.91 Å². The van der Waals surface area contributed by atoms with E-state index in [0.717, 1.165) is 19.3 Å². The largest absolute Gasteiger partial charge is 0.490 e. The molecule has 0 saturated carbocycles. The second-order valence-electron chi connectivity index (χ2n) is 5.84. The minimum Gasteiger partial charge on any atom is -0.490 e. The number of likely N-dealkylation sites (tertiary alicyclic amines) is 1. The van der Waals surface area contributed by atoms with E-state index in [0.29, 0.717) is 50.8 Å². The van der Waals surface area contributed by atoms with Crippen LogP contribution in [-0.4, -0.2) is 63.5 Å². The van der Waals surface area contributed by atoms with Gasteiger partial charge >= 0.3 is 0 Å². The number of carbonyl (C=O) groups is 1. The first-order valence-electron chi connectivity index (χ1n) is 8.58. The maximum atomic E-state index is 12.8. The number of rotatable bonds is 9. The zero-order valence-corrected chi connectivity index (χ0v) is 14.4. The highest BCUT2D eigenvalue weighted by Gasteiger charge is 2.25. The van der Waals surface area contributed by atoms with Gasteiger partial charge in [-0.05, 0) is 37.9 Å². The van der Waals surface area contributed by atoms with E-state index in [2.05, 4.69) is 0 Å². The normalized spacial score (nSPS) is 15.5. The third kappa shape index (κ3) is 5.47. The Morgan fingerprint density at radius 1 is 1.21 bits per heavy atom. The standard InChI is InChI=1S/C18H28N2O4/c1-22-13-14-24-17-6-3-2-5-16(17)18(21)20-10-7-15(8-11-20)23-12-4-9-19/h2-3,5-6,15H,4,7-14,19H2,1H3. The summed E-state index contributed by atoms with van der Waals surface area (Å²) in [6, 6.07) is 7.37. The molecule has 0 unspecified atom stereocenters. The van der Waals surface area contributed by atoms with Crippen LogP contribution in [0, 0.1) is 0 Å². The lowest BCUT2D eigenvalue weighted by molar-refractivity contribution is 0.00834. The van der Waals surface area contributed by atoms with Crippen LogP contribution >= 0.6 is 0 Å². The van der Waals surface area contributed by atoms with Gasteiger partial charge in [0, 0.05) is 26.8 Å². The lowest BCUT2D eigenvalue weighted by atomic mass is 10.1. The summed E-state index contributed by atoms with van der Waals surface area (Å²) >= 11 is 0. The molecule has 1 fully saturated rings.